The highest BCUT2D eigenvalue weighted by Gasteiger charge is 2.04. The van der Waals surface area contributed by atoms with Crippen molar-refractivity contribution in [2.45, 2.75) is 52.4 Å². The second-order valence-corrected chi connectivity index (χ2v) is 7.31. The predicted molar refractivity (Wildman–Crippen MR) is 116 cm³/mol. The molecule has 0 unspecified atom stereocenters. The Bertz CT molecular complexity index is 901. The van der Waals surface area contributed by atoms with Gasteiger partial charge in [-0.15, -0.1) is 0 Å². The molecule has 1 aromatic heterocycles. The SMILES string of the molecule is CCCCCc1ccc(CCc2ccc(-c3ncc(OC(C)=O)cn3)cc2)cc1. The fraction of sp³-hybridized carbons (Fsp3) is 0.320. The van der Waals surface area contributed by atoms with Gasteiger partial charge in [0.1, 0.15) is 0 Å². The van der Waals surface area contributed by atoms with Gasteiger partial charge in [0.2, 0.25) is 0 Å². The minimum absolute atomic E-state index is 0.356. The number of rotatable bonds is 9. The van der Waals surface area contributed by atoms with Crippen molar-refractivity contribution in [1.82, 2.24) is 9.97 Å². The van der Waals surface area contributed by atoms with Gasteiger partial charge in [-0.2, -0.15) is 0 Å². The molecule has 0 amide bonds. The Kier molecular flexibility index (Phi) is 7.51. The van der Waals surface area contributed by atoms with Crippen molar-refractivity contribution < 1.29 is 9.53 Å². The van der Waals surface area contributed by atoms with Crippen LogP contribution in [-0.4, -0.2) is 15.9 Å². The molecular formula is C25H28N2O2. The van der Waals surface area contributed by atoms with Crippen LogP contribution in [0.5, 0.6) is 5.75 Å². The number of aromatic nitrogens is 2. The van der Waals surface area contributed by atoms with Gasteiger partial charge < -0.3 is 4.74 Å². The molecule has 1 heterocycles. The van der Waals surface area contributed by atoms with Crippen LogP contribution in [-0.2, 0) is 24.1 Å². The molecule has 0 spiro atoms. The summed E-state index contributed by atoms with van der Waals surface area (Å²) < 4.78 is 4.97. The lowest BCUT2D eigenvalue weighted by Crippen LogP contribution is -2.02. The Morgan fingerprint density at radius 3 is 1.83 bits per heavy atom. The Balaban J connectivity index is 1.53. The minimum Gasteiger partial charge on any atom is -0.423 e. The van der Waals surface area contributed by atoms with E-state index in [0.29, 0.717) is 11.6 Å². The molecule has 0 N–H and O–H groups in total. The third-order valence-electron chi connectivity index (χ3n) is 4.90. The summed E-state index contributed by atoms with van der Waals surface area (Å²) >= 11 is 0. The fourth-order valence-electron chi connectivity index (χ4n) is 3.24. The zero-order valence-corrected chi connectivity index (χ0v) is 17.2. The van der Waals surface area contributed by atoms with Crippen LogP contribution in [0, 0.1) is 0 Å². The van der Waals surface area contributed by atoms with Crippen LogP contribution >= 0.6 is 0 Å². The molecule has 150 valence electrons. The molecule has 0 bridgehead atoms. The molecule has 0 aliphatic heterocycles. The van der Waals surface area contributed by atoms with Gasteiger partial charge in [0.25, 0.3) is 0 Å². The lowest BCUT2D eigenvalue weighted by Gasteiger charge is -2.06. The number of hydrogen-bond donors (Lipinski definition) is 0. The number of carbonyl (C=O) groups excluding carboxylic acids is 1. The molecule has 0 atom stereocenters. The first-order chi connectivity index (χ1) is 14.1. The zero-order valence-electron chi connectivity index (χ0n) is 17.2. The lowest BCUT2D eigenvalue weighted by atomic mass is 10.0. The summed E-state index contributed by atoms with van der Waals surface area (Å²) in [4.78, 5) is 19.5. The normalized spacial score (nSPS) is 10.7. The summed E-state index contributed by atoms with van der Waals surface area (Å²) in [5.74, 6) is 0.595. The smallest absolute Gasteiger partial charge is 0.308 e. The van der Waals surface area contributed by atoms with Crippen LogP contribution < -0.4 is 4.74 Å². The van der Waals surface area contributed by atoms with E-state index in [4.69, 9.17) is 4.74 Å². The first kappa shape index (κ1) is 20.7. The summed E-state index contributed by atoms with van der Waals surface area (Å²) in [5.41, 5.74) is 5.04. The Labute approximate surface area is 173 Å². The molecule has 0 radical (unpaired) electrons. The molecule has 4 nitrogen and oxygen atoms in total. The van der Waals surface area contributed by atoms with Gasteiger partial charge in [0, 0.05) is 12.5 Å². The number of esters is 1. The van der Waals surface area contributed by atoms with E-state index < -0.39 is 0 Å². The van der Waals surface area contributed by atoms with Crippen molar-refractivity contribution in [2.75, 3.05) is 0 Å². The largest absolute Gasteiger partial charge is 0.423 e. The van der Waals surface area contributed by atoms with E-state index in [1.165, 1.54) is 61.7 Å². The number of aryl methyl sites for hydroxylation is 3. The summed E-state index contributed by atoms with van der Waals surface area (Å²) in [6.07, 6.45) is 10.1. The van der Waals surface area contributed by atoms with Crippen LogP contribution in [0.25, 0.3) is 11.4 Å². The number of hydrogen-bond acceptors (Lipinski definition) is 4. The molecule has 0 aliphatic rings. The molecule has 0 saturated heterocycles. The number of ether oxygens (including phenoxy) is 1. The predicted octanol–water partition coefficient (Wildman–Crippen LogP) is 5.59. The van der Waals surface area contributed by atoms with Crippen LogP contribution in [0.3, 0.4) is 0 Å². The van der Waals surface area contributed by atoms with E-state index in [-0.39, 0.29) is 5.97 Å². The molecule has 0 saturated carbocycles. The van der Waals surface area contributed by atoms with E-state index >= 15 is 0 Å². The summed E-state index contributed by atoms with van der Waals surface area (Å²) in [5, 5.41) is 0. The maximum atomic E-state index is 11.0. The molecule has 2 aromatic carbocycles. The minimum atomic E-state index is -0.378. The van der Waals surface area contributed by atoms with Crippen LogP contribution in [0.4, 0.5) is 0 Å². The second-order valence-electron chi connectivity index (χ2n) is 7.31. The first-order valence-corrected chi connectivity index (χ1v) is 10.3. The maximum Gasteiger partial charge on any atom is 0.308 e. The number of unbranched alkanes of at least 4 members (excludes halogenated alkanes) is 2. The van der Waals surface area contributed by atoms with Crippen LogP contribution in [0.15, 0.2) is 60.9 Å². The van der Waals surface area contributed by atoms with E-state index in [1.54, 1.807) is 0 Å². The van der Waals surface area contributed by atoms with Gasteiger partial charge >= 0.3 is 5.97 Å². The third-order valence-corrected chi connectivity index (χ3v) is 4.90. The van der Waals surface area contributed by atoms with Crippen molar-refractivity contribution in [3.8, 4) is 17.1 Å². The second kappa shape index (κ2) is 10.5. The van der Waals surface area contributed by atoms with Gasteiger partial charge in [0.15, 0.2) is 11.6 Å². The van der Waals surface area contributed by atoms with E-state index in [1.807, 2.05) is 12.1 Å². The molecule has 3 rings (SSSR count). The standard InChI is InChI=1S/C25H28N2O2/c1-3-4-5-6-20-7-9-21(10-8-20)11-12-22-13-15-23(16-14-22)25-26-17-24(18-27-25)29-19(2)28/h7-10,13-18H,3-6,11-12H2,1-2H3. The van der Waals surface area contributed by atoms with Crippen molar-refractivity contribution in [2.24, 2.45) is 0 Å². The summed E-state index contributed by atoms with van der Waals surface area (Å²) in [6.45, 7) is 3.60. The molecule has 0 aliphatic carbocycles. The monoisotopic (exact) mass is 388 g/mol. The summed E-state index contributed by atoms with van der Waals surface area (Å²) in [7, 11) is 0. The number of carbonyl (C=O) groups is 1. The average molecular weight is 389 g/mol. The van der Waals surface area contributed by atoms with Gasteiger partial charge in [-0.05, 0) is 42.4 Å². The molecule has 4 heteroatoms. The molecule has 3 aromatic rings. The highest BCUT2D eigenvalue weighted by Crippen LogP contribution is 2.18. The topological polar surface area (TPSA) is 52.1 Å². The van der Waals surface area contributed by atoms with E-state index in [9.17, 15) is 4.79 Å². The molecule has 0 fully saturated rings. The van der Waals surface area contributed by atoms with Crippen molar-refractivity contribution in [1.29, 1.82) is 0 Å². The Morgan fingerprint density at radius 1 is 0.793 bits per heavy atom. The number of nitrogens with zero attached hydrogens (tertiary/aromatic N) is 2. The van der Waals surface area contributed by atoms with Crippen molar-refractivity contribution >= 4 is 5.97 Å². The fourth-order valence-corrected chi connectivity index (χ4v) is 3.24. The van der Waals surface area contributed by atoms with Gasteiger partial charge in [0.05, 0.1) is 12.4 Å². The van der Waals surface area contributed by atoms with Crippen molar-refractivity contribution in [3.63, 3.8) is 0 Å². The Morgan fingerprint density at radius 2 is 1.31 bits per heavy atom. The van der Waals surface area contributed by atoms with Crippen LogP contribution in [0.1, 0.15) is 49.8 Å². The van der Waals surface area contributed by atoms with E-state index in [2.05, 4.69) is 53.3 Å². The average Bonchev–Trinajstić information content (AvgIpc) is 2.74. The highest BCUT2D eigenvalue weighted by atomic mass is 16.5. The quantitative estimate of drug-likeness (QED) is 0.354. The molecular weight excluding hydrogens is 360 g/mol. The molecule has 29 heavy (non-hydrogen) atoms. The highest BCUT2D eigenvalue weighted by molar-refractivity contribution is 5.69. The third kappa shape index (κ3) is 6.53. The van der Waals surface area contributed by atoms with Gasteiger partial charge in [-0.1, -0.05) is 68.3 Å². The Hall–Kier alpha value is -3.01. The number of benzene rings is 2. The van der Waals surface area contributed by atoms with Crippen molar-refractivity contribution in [3.05, 3.63) is 77.6 Å². The first-order valence-electron chi connectivity index (χ1n) is 10.3. The van der Waals surface area contributed by atoms with Crippen LogP contribution in [0.2, 0.25) is 0 Å². The van der Waals surface area contributed by atoms with Gasteiger partial charge in [-0.3, -0.25) is 4.79 Å². The lowest BCUT2D eigenvalue weighted by molar-refractivity contribution is -0.131. The maximum absolute atomic E-state index is 11.0. The zero-order chi connectivity index (χ0) is 20.5. The van der Waals surface area contributed by atoms with E-state index in [0.717, 1.165) is 18.4 Å². The summed E-state index contributed by atoms with van der Waals surface area (Å²) in [6, 6.07) is 17.4. The van der Waals surface area contributed by atoms with Gasteiger partial charge in [-0.25, -0.2) is 9.97 Å².